The zero-order valence-corrected chi connectivity index (χ0v) is 12.2. The van der Waals surface area contributed by atoms with Gasteiger partial charge in [-0.15, -0.1) is 0 Å². The average Bonchev–Trinajstić information content (AvgIpc) is 2.81. The second-order valence-electron chi connectivity index (χ2n) is 5.16. The molecule has 1 aliphatic heterocycles. The van der Waals surface area contributed by atoms with Crippen molar-refractivity contribution in [2.45, 2.75) is 13.0 Å². The van der Waals surface area contributed by atoms with E-state index in [2.05, 4.69) is 4.98 Å². The number of carbonyl (C=O) groups is 2. The Morgan fingerprint density at radius 1 is 1.26 bits per heavy atom. The maximum Gasteiger partial charge on any atom is 0.294 e. The second kappa shape index (κ2) is 5.64. The summed E-state index contributed by atoms with van der Waals surface area (Å²) in [4.78, 5) is 29.6. The van der Waals surface area contributed by atoms with Crippen molar-refractivity contribution in [1.29, 1.82) is 0 Å². The Hall–Kier alpha value is -3.02. The molecule has 6 heteroatoms. The molecule has 0 radical (unpaired) electrons. The molecule has 0 bridgehead atoms. The number of aromatic nitrogens is 1. The maximum atomic E-state index is 13.2. The minimum absolute atomic E-state index is 0.00883. The van der Waals surface area contributed by atoms with Crippen molar-refractivity contribution in [2.24, 2.45) is 0 Å². The molecule has 1 aliphatic rings. The van der Waals surface area contributed by atoms with E-state index < -0.39 is 29.3 Å². The first-order valence-electron chi connectivity index (χ1n) is 6.94. The third-order valence-electron chi connectivity index (χ3n) is 3.70. The van der Waals surface area contributed by atoms with Crippen molar-refractivity contribution in [2.75, 3.05) is 4.90 Å². The normalized spacial score (nSPS) is 17.7. The third kappa shape index (κ3) is 2.48. The monoisotopic (exact) mass is 312 g/mol. The molecule has 1 aromatic carbocycles. The molecule has 0 spiro atoms. The fraction of sp³-hybridized carbons (Fsp3) is 0.118. The van der Waals surface area contributed by atoms with Crippen LogP contribution >= 0.6 is 0 Å². The van der Waals surface area contributed by atoms with Gasteiger partial charge in [0.05, 0.1) is 23.5 Å². The Kier molecular flexibility index (Phi) is 3.65. The minimum atomic E-state index is -0.815. The molecule has 2 heterocycles. The van der Waals surface area contributed by atoms with Crippen LogP contribution in [0.5, 0.6) is 0 Å². The number of nitrogens with zero attached hydrogens (tertiary/aromatic N) is 2. The number of aliphatic hydroxyl groups is 1. The van der Waals surface area contributed by atoms with Crippen molar-refractivity contribution >= 4 is 17.4 Å². The lowest BCUT2D eigenvalue weighted by Crippen LogP contribution is -2.30. The smallest absolute Gasteiger partial charge is 0.294 e. The highest BCUT2D eigenvalue weighted by Crippen LogP contribution is 2.40. The van der Waals surface area contributed by atoms with Crippen molar-refractivity contribution in [3.63, 3.8) is 0 Å². The lowest BCUT2D eigenvalue weighted by atomic mass is 9.96. The summed E-state index contributed by atoms with van der Waals surface area (Å²) in [5.41, 5.74) is 0.956. The van der Waals surface area contributed by atoms with Crippen LogP contribution in [0.15, 0.2) is 60.1 Å². The molecule has 1 atom stereocenters. The molecule has 3 rings (SSSR count). The number of hydrogen-bond donors (Lipinski definition) is 1. The summed E-state index contributed by atoms with van der Waals surface area (Å²) in [6.07, 6.45) is 3.01. The highest BCUT2D eigenvalue weighted by Gasteiger charge is 2.43. The largest absolute Gasteiger partial charge is 0.503 e. The summed E-state index contributed by atoms with van der Waals surface area (Å²) in [7, 11) is 0. The Labute approximate surface area is 131 Å². The van der Waals surface area contributed by atoms with Crippen LogP contribution in [0.25, 0.3) is 0 Å². The second-order valence-corrected chi connectivity index (χ2v) is 5.16. The van der Waals surface area contributed by atoms with Crippen molar-refractivity contribution < 1.29 is 19.1 Å². The van der Waals surface area contributed by atoms with Crippen LogP contribution in [0.3, 0.4) is 0 Å². The molecule has 1 aromatic heterocycles. The Balaban J connectivity index is 2.17. The van der Waals surface area contributed by atoms with E-state index in [9.17, 15) is 19.1 Å². The quantitative estimate of drug-likeness (QED) is 0.946. The number of pyridine rings is 1. The number of halogens is 1. The molecular formula is C17H13FN2O3. The van der Waals surface area contributed by atoms with Crippen molar-refractivity contribution in [1.82, 2.24) is 4.98 Å². The molecular weight excluding hydrogens is 299 g/mol. The summed E-state index contributed by atoms with van der Waals surface area (Å²) in [6, 6.07) is 7.94. The van der Waals surface area contributed by atoms with E-state index in [4.69, 9.17) is 0 Å². The van der Waals surface area contributed by atoms with Gasteiger partial charge in [-0.05, 0) is 36.8 Å². The number of benzene rings is 1. The number of aliphatic hydroxyl groups excluding tert-OH is 1. The van der Waals surface area contributed by atoms with E-state index in [1.54, 1.807) is 18.3 Å². The molecule has 0 saturated carbocycles. The van der Waals surface area contributed by atoms with Gasteiger partial charge in [-0.2, -0.15) is 0 Å². The number of anilines is 1. The van der Waals surface area contributed by atoms with Gasteiger partial charge in [0.25, 0.3) is 5.91 Å². The van der Waals surface area contributed by atoms with E-state index in [0.29, 0.717) is 11.3 Å². The molecule has 0 unspecified atom stereocenters. The Morgan fingerprint density at radius 3 is 2.52 bits per heavy atom. The maximum absolute atomic E-state index is 13.2. The van der Waals surface area contributed by atoms with Gasteiger partial charge in [-0.25, -0.2) is 4.39 Å². The van der Waals surface area contributed by atoms with Gasteiger partial charge in [-0.3, -0.25) is 19.5 Å². The molecule has 116 valence electrons. The summed E-state index contributed by atoms with van der Waals surface area (Å²) in [6.45, 7) is 1.28. The fourth-order valence-electron chi connectivity index (χ4n) is 2.69. The lowest BCUT2D eigenvalue weighted by molar-refractivity contribution is -0.117. The summed E-state index contributed by atoms with van der Waals surface area (Å²) < 4.78 is 13.2. The number of carbonyl (C=O) groups excluding carboxylic acids is 2. The predicted octanol–water partition coefficient (Wildman–Crippen LogP) is 2.71. The number of rotatable bonds is 3. The molecule has 1 N–H and O–H groups in total. The van der Waals surface area contributed by atoms with E-state index in [-0.39, 0.29) is 5.57 Å². The first kappa shape index (κ1) is 14.9. The highest BCUT2D eigenvalue weighted by molar-refractivity contribution is 6.16. The van der Waals surface area contributed by atoms with Gasteiger partial charge >= 0.3 is 0 Å². The van der Waals surface area contributed by atoms with Gasteiger partial charge in [0.1, 0.15) is 5.82 Å². The first-order chi connectivity index (χ1) is 11.0. The summed E-state index contributed by atoms with van der Waals surface area (Å²) in [5, 5.41) is 10.1. The standard InChI is InChI=1S/C17H13FN2O3/c1-10(21)14-15(11-4-6-12(18)7-5-11)20(17(23)16(14)22)13-3-2-8-19-9-13/h2-9,15,22H,1H3/t15-/m0/s1. The van der Waals surface area contributed by atoms with Crippen LogP contribution in [-0.2, 0) is 9.59 Å². The molecule has 0 fully saturated rings. The highest BCUT2D eigenvalue weighted by atomic mass is 19.1. The summed E-state index contributed by atoms with van der Waals surface area (Å²) >= 11 is 0. The average molecular weight is 312 g/mol. The molecule has 0 aliphatic carbocycles. The van der Waals surface area contributed by atoms with Crippen molar-refractivity contribution in [3.05, 3.63) is 71.5 Å². The van der Waals surface area contributed by atoms with Gasteiger partial charge in [0, 0.05) is 6.20 Å². The molecule has 23 heavy (non-hydrogen) atoms. The number of hydrogen-bond acceptors (Lipinski definition) is 4. The van der Waals surface area contributed by atoms with Crippen LogP contribution in [0.2, 0.25) is 0 Å². The van der Waals surface area contributed by atoms with E-state index in [0.717, 1.165) is 0 Å². The molecule has 1 amide bonds. The SMILES string of the molecule is CC(=O)C1=C(O)C(=O)N(c2cccnc2)[C@H]1c1ccc(F)cc1. The van der Waals surface area contributed by atoms with Gasteiger partial charge < -0.3 is 5.11 Å². The number of Topliss-reactive ketones (excluding diaryl/α,β-unsaturated/α-hetero) is 1. The molecule has 0 saturated heterocycles. The minimum Gasteiger partial charge on any atom is -0.503 e. The van der Waals surface area contributed by atoms with Gasteiger partial charge in [0.2, 0.25) is 0 Å². The van der Waals surface area contributed by atoms with Crippen LogP contribution in [0, 0.1) is 5.82 Å². The van der Waals surface area contributed by atoms with E-state index >= 15 is 0 Å². The topological polar surface area (TPSA) is 70.5 Å². The summed E-state index contributed by atoms with van der Waals surface area (Å²) in [5.74, 6) is -2.12. The van der Waals surface area contributed by atoms with E-state index in [1.807, 2.05) is 0 Å². The lowest BCUT2D eigenvalue weighted by Gasteiger charge is -2.26. The predicted molar refractivity (Wildman–Crippen MR) is 81.2 cm³/mol. The Morgan fingerprint density at radius 2 is 1.96 bits per heavy atom. The zero-order valence-electron chi connectivity index (χ0n) is 12.2. The van der Waals surface area contributed by atoms with Crippen LogP contribution in [0.1, 0.15) is 18.5 Å². The van der Waals surface area contributed by atoms with Crippen LogP contribution < -0.4 is 4.90 Å². The Bertz CT molecular complexity index is 800. The number of amides is 1. The van der Waals surface area contributed by atoms with Crippen molar-refractivity contribution in [3.8, 4) is 0 Å². The zero-order chi connectivity index (χ0) is 16.6. The number of ketones is 1. The van der Waals surface area contributed by atoms with E-state index in [1.165, 1.54) is 42.3 Å². The fourth-order valence-corrected chi connectivity index (χ4v) is 2.69. The molecule has 5 nitrogen and oxygen atoms in total. The molecule has 2 aromatic rings. The van der Waals surface area contributed by atoms with Crippen LogP contribution in [-0.4, -0.2) is 21.8 Å². The van der Waals surface area contributed by atoms with Gasteiger partial charge in [0.15, 0.2) is 11.5 Å². The first-order valence-corrected chi connectivity index (χ1v) is 6.94. The third-order valence-corrected chi connectivity index (χ3v) is 3.70. The van der Waals surface area contributed by atoms with Gasteiger partial charge in [-0.1, -0.05) is 12.1 Å². The van der Waals surface area contributed by atoms with Crippen LogP contribution in [0.4, 0.5) is 10.1 Å².